The Kier molecular flexibility index (Phi) is 5.09. The molecule has 0 aliphatic carbocycles. The fourth-order valence-corrected chi connectivity index (χ4v) is 1.96. The van der Waals surface area contributed by atoms with Crippen LogP contribution in [0.2, 0.25) is 0 Å². The Labute approximate surface area is 131 Å². The minimum atomic E-state index is -0.174. The number of hydrogen-bond donors (Lipinski definition) is 2. The number of hydrogen-bond acceptors (Lipinski definition) is 4. The van der Waals surface area contributed by atoms with Crippen molar-refractivity contribution >= 4 is 17.5 Å². The predicted molar refractivity (Wildman–Crippen MR) is 88.4 cm³/mol. The molecule has 1 heterocycles. The number of benzene rings is 1. The van der Waals surface area contributed by atoms with Gasteiger partial charge in [-0.05, 0) is 37.5 Å². The van der Waals surface area contributed by atoms with E-state index in [1.54, 1.807) is 6.07 Å². The number of para-hydroxylation sites is 1. The van der Waals surface area contributed by atoms with Crippen molar-refractivity contribution < 1.29 is 4.79 Å². The Morgan fingerprint density at radius 2 is 1.91 bits per heavy atom. The molecule has 116 valence electrons. The van der Waals surface area contributed by atoms with Crippen molar-refractivity contribution in [1.82, 2.24) is 15.3 Å². The molecule has 1 aromatic carbocycles. The fourth-order valence-electron chi connectivity index (χ4n) is 1.96. The maximum atomic E-state index is 12.1. The van der Waals surface area contributed by atoms with Gasteiger partial charge >= 0.3 is 0 Å². The molecule has 1 aromatic heterocycles. The van der Waals surface area contributed by atoms with Crippen LogP contribution >= 0.6 is 0 Å². The first kappa shape index (κ1) is 15.9. The molecule has 1 amide bonds. The second kappa shape index (κ2) is 7.02. The van der Waals surface area contributed by atoms with Crippen LogP contribution < -0.4 is 10.6 Å². The number of carbonyl (C=O) groups is 1. The molecule has 0 radical (unpaired) electrons. The van der Waals surface area contributed by atoms with Crippen molar-refractivity contribution in [2.75, 3.05) is 11.9 Å². The van der Waals surface area contributed by atoms with Gasteiger partial charge in [0.15, 0.2) is 0 Å². The zero-order valence-corrected chi connectivity index (χ0v) is 13.5. The van der Waals surface area contributed by atoms with Gasteiger partial charge in [-0.3, -0.25) is 4.79 Å². The number of amides is 1. The van der Waals surface area contributed by atoms with Gasteiger partial charge in [0.05, 0.1) is 0 Å². The zero-order valence-electron chi connectivity index (χ0n) is 13.5. The van der Waals surface area contributed by atoms with Gasteiger partial charge in [-0.15, -0.1) is 0 Å². The highest BCUT2D eigenvalue weighted by molar-refractivity contribution is 5.92. The maximum Gasteiger partial charge on any atom is 0.270 e. The number of nitrogens with zero attached hydrogens (tertiary/aromatic N) is 2. The highest BCUT2D eigenvalue weighted by atomic mass is 16.1. The number of nitrogens with one attached hydrogen (secondary N) is 2. The van der Waals surface area contributed by atoms with E-state index in [1.165, 1.54) is 0 Å². The summed E-state index contributed by atoms with van der Waals surface area (Å²) in [6.07, 6.45) is 0. The largest absolute Gasteiger partial charge is 0.350 e. The molecule has 22 heavy (non-hydrogen) atoms. The molecule has 0 bridgehead atoms. The SMILES string of the molecule is Cc1cc(C(=O)NCC(C)C)nc(Nc2ccccc2C)n1. The Bertz CT molecular complexity index is 667. The van der Waals surface area contributed by atoms with Crippen LogP contribution in [-0.4, -0.2) is 22.4 Å². The number of aryl methyl sites for hydroxylation is 2. The van der Waals surface area contributed by atoms with Crippen molar-refractivity contribution in [3.8, 4) is 0 Å². The van der Waals surface area contributed by atoms with Crippen molar-refractivity contribution in [3.05, 3.63) is 47.3 Å². The first-order valence-corrected chi connectivity index (χ1v) is 7.42. The average Bonchev–Trinajstić information content (AvgIpc) is 2.46. The van der Waals surface area contributed by atoms with Gasteiger partial charge in [0.1, 0.15) is 5.69 Å². The second-order valence-corrected chi connectivity index (χ2v) is 5.76. The summed E-state index contributed by atoms with van der Waals surface area (Å²) in [4.78, 5) is 20.8. The lowest BCUT2D eigenvalue weighted by Gasteiger charge is -2.11. The van der Waals surface area contributed by atoms with E-state index in [0.29, 0.717) is 24.1 Å². The van der Waals surface area contributed by atoms with Gasteiger partial charge in [0, 0.05) is 17.9 Å². The van der Waals surface area contributed by atoms with E-state index >= 15 is 0 Å². The third-order valence-electron chi connectivity index (χ3n) is 3.15. The monoisotopic (exact) mass is 298 g/mol. The van der Waals surface area contributed by atoms with Crippen LogP contribution in [0.15, 0.2) is 30.3 Å². The van der Waals surface area contributed by atoms with Gasteiger partial charge < -0.3 is 10.6 Å². The highest BCUT2D eigenvalue weighted by Crippen LogP contribution is 2.18. The molecule has 0 fully saturated rings. The molecule has 0 saturated carbocycles. The average molecular weight is 298 g/mol. The van der Waals surface area contributed by atoms with E-state index in [-0.39, 0.29) is 5.91 Å². The Morgan fingerprint density at radius 1 is 1.18 bits per heavy atom. The topological polar surface area (TPSA) is 66.9 Å². The number of aromatic nitrogens is 2. The molecule has 0 spiro atoms. The Hall–Kier alpha value is -2.43. The molecular formula is C17H22N4O. The molecule has 0 atom stereocenters. The lowest BCUT2D eigenvalue weighted by atomic mass is 10.2. The standard InChI is InChI=1S/C17H22N4O/c1-11(2)10-18-16(22)15-9-13(4)19-17(21-15)20-14-8-6-5-7-12(14)3/h5-9,11H,10H2,1-4H3,(H,18,22)(H,19,20,21). The van der Waals surface area contributed by atoms with E-state index in [0.717, 1.165) is 16.9 Å². The predicted octanol–water partition coefficient (Wildman–Crippen LogP) is 3.22. The van der Waals surface area contributed by atoms with Crippen LogP contribution in [0.4, 0.5) is 11.6 Å². The molecule has 0 unspecified atom stereocenters. The summed E-state index contributed by atoms with van der Waals surface area (Å²) in [5.41, 5.74) is 3.16. The minimum Gasteiger partial charge on any atom is -0.350 e. The van der Waals surface area contributed by atoms with Crippen LogP contribution in [0.3, 0.4) is 0 Å². The van der Waals surface area contributed by atoms with Gasteiger partial charge in [-0.1, -0.05) is 32.0 Å². The van der Waals surface area contributed by atoms with E-state index in [1.807, 2.05) is 38.1 Å². The van der Waals surface area contributed by atoms with Crippen molar-refractivity contribution in [2.45, 2.75) is 27.7 Å². The molecule has 0 aliphatic rings. The van der Waals surface area contributed by atoms with Gasteiger partial charge in [0.2, 0.25) is 5.95 Å². The maximum absolute atomic E-state index is 12.1. The molecular weight excluding hydrogens is 276 g/mol. The highest BCUT2D eigenvalue weighted by Gasteiger charge is 2.11. The van der Waals surface area contributed by atoms with Crippen molar-refractivity contribution in [2.24, 2.45) is 5.92 Å². The summed E-state index contributed by atoms with van der Waals surface area (Å²) >= 11 is 0. The van der Waals surface area contributed by atoms with Gasteiger partial charge in [-0.25, -0.2) is 9.97 Å². The molecule has 5 heteroatoms. The van der Waals surface area contributed by atoms with Crippen LogP contribution in [-0.2, 0) is 0 Å². The summed E-state index contributed by atoms with van der Waals surface area (Å²) in [5, 5.41) is 6.04. The number of rotatable bonds is 5. The van der Waals surface area contributed by atoms with Crippen LogP contribution in [0.1, 0.15) is 35.6 Å². The minimum absolute atomic E-state index is 0.174. The third-order valence-corrected chi connectivity index (χ3v) is 3.15. The zero-order chi connectivity index (χ0) is 16.1. The summed E-state index contributed by atoms with van der Waals surface area (Å²) in [5.74, 6) is 0.660. The molecule has 2 N–H and O–H groups in total. The number of anilines is 2. The number of carbonyl (C=O) groups excluding carboxylic acids is 1. The molecule has 2 aromatic rings. The lowest BCUT2D eigenvalue weighted by Crippen LogP contribution is -2.28. The molecule has 5 nitrogen and oxygen atoms in total. The first-order valence-electron chi connectivity index (χ1n) is 7.42. The third kappa shape index (κ3) is 4.28. The second-order valence-electron chi connectivity index (χ2n) is 5.76. The summed E-state index contributed by atoms with van der Waals surface area (Å²) < 4.78 is 0. The van der Waals surface area contributed by atoms with Crippen LogP contribution in [0.25, 0.3) is 0 Å². The van der Waals surface area contributed by atoms with Crippen molar-refractivity contribution in [3.63, 3.8) is 0 Å². The lowest BCUT2D eigenvalue weighted by molar-refractivity contribution is 0.0944. The smallest absolute Gasteiger partial charge is 0.270 e. The van der Waals surface area contributed by atoms with Gasteiger partial charge in [0.25, 0.3) is 5.91 Å². The van der Waals surface area contributed by atoms with Crippen LogP contribution in [0, 0.1) is 19.8 Å². The normalized spacial score (nSPS) is 10.6. The van der Waals surface area contributed by atoms with Crippen molar-refractivity contribution in [1.29, 1.82) is 0 Å². The first-order chi connectivity index (χ1) is 10.5. The summed E-state index contributed by atoms with van der Waals surface area (Å²) in [6.45, 7) is 8.59. The summed E-state index contributed by atoms with van der Waals surface area (Å²) in [7, 11) is 0. The Morgan fingerprint density at radius 3 is 2.59 bits per heavy atom. The van der Waals surface area contributed by atoms with E-state index in [4.69, 9.17) is 0 Å². The van der Waals surface area contributed by atoms with E-state index < -0.39 is 0 Å². The van der Waals surface area contributed by atoms with E-state index in [2.05, 4.69) is 34.4 Å². The summed E-state index contributed by atoms with van der Waals surface area (Å²) in [6, 6.07) is 9.58. The Balaban J connectivity index is 2.20. The fraction of sp³-hybridized carbons (Fsp3) is 0.353. The quantitative estimate of drug-likeness (QED) is 0.889. The molecule has 0 saturated heterocycles. The molecule has 0 aliphatic heterocycles. The molecule has 2 rings (SSSR count). The van der Waals surface area contributed by atoms with E-state index in [9.17, 15) is 4.79 Å². The van der Waals surface area contributed by atoms with Crippen LogP contribution in [0.5, 0.6) is 0 Å². The van der Waals surface area contributed by atoms with Gasteiger partial charge in [-0.2, -0.15) is 0 Å².